The van der Waals surface area contributed by atoms with Gasteiger partial charge in [-0.25, -0.2) is 0 Å². The first-order valence-electron chi connectivity index (χ1n) is 5.64. The quantitative estimate of drug-likeness (QED) is 0.686. The minimum Gasteiger partial charge on any atom is -0.467 e. The normalized spacial score (nSPS) is 17.3. The van der Waals surface area contributed by atoms with Crippen LogP contribution in [0.2, 0.25) is 0 Å². The Bertz CT molecular complexity index is 629. The molecule has 0 atom stereocenters. The van der Waals surface area contributed by atoms with E-state index in [1.54, 1.807) is 42.9 Å². The molecule has 19 heavy (non-hydrogen) atoms. The van der Waals surface area contributed by atoms with E-state index < -0.39 is 0 Å². The van der Waals surface area contributed by atoms with Gasteiger partial charge in [0.1, 0.15) is 17.2 Å². The Hall–Kier alpha value is -2.34. The summed E-state index contributed by atoms with van der Waals surface area (Å²) in [5.74, 6) is 1.08. The van der Waals surface area contributed by atoms with Crippen molar-refractivity contribution < 1.29 is 13.6 Å². The predicted octanol–water partition coefficient (Wildman–Crippen LogP) is 2.13. The Morgan fingerprint density at radius 2 is 2.05 bits per heavy atom. The van der Waals surface area contributed by atoms with Crippen molar-refractivity contribution in [2.24, 2.45) is 0 Å². The van der Waals surface area contributed by atoms with Gasteiger partial charge in [-0.2, -0.15) is 0 Å². The third-order valence-corrected chi connectivity index (χ3v) is 3.01. The Labute approximate surface area is 114 Å². The molecule has 2 aromatic heterocycles. The van der Waals surface area contributed by atoms with E-state index in [1.165, 1.54) is 4.90 Å². The zero-order valence-electron chi connectivity index (χ0n) is 9.83. The number of amides is 1. The summed E-state index contributed by atoms with van der Waals surface area (Å²) in [6.07, 6.45) is 4.73. The number of nitrogens with one attached hydrogen (secondary N) is 1. The van der Waals surface area contributed by atoms with Gasteiger partial charge in [-0.15, -0.1) is 0 Å². The van der Waals surface area contributed by atoms with Gasteiger partial charge in [-0.1, -0.05) is 0 Å². The molecule has 1 N–H and O–H groups in total. The van der Waals surface area contributed by atoms with Crippen LogP contribution in [0.5, 0.6) is 0 Å². The van der Waals surface area contributed by atoms with E-state index in [0.29, 0.717) is 28.9 Å². The van der Waals surface area contributed by atoms with Crippen molar-refractivity contribution in [1.82, 2.24) is 10.2 Å². The number of carbonyl (C=O) groups is 1. The highest BCUT2D eigenvalue weighted by Gasteiger charge is 2.31. The Morgan fingerprint density at radius 3 is 2.74 bits per heavy atom. The standard InChI is InChI=1S/C13H10N2O3S/c16-12-11(7-9-3-1-5-17-9)14-13(19)15(12)8-10-4-2-6-18-10/h1-7H,8H2,(H,14,19). The average molecular weight is 274 g/mol. The van der Waals surface area contributed by atoms with Crippen LogP contribution in [0.4, 0.5) is 0 Å². The van der Waals surface area contributed by atoms with Crippen molar-refractivity contribution in [2.45, 2.75) is 6.54 Å². The zero-order valence-corrected chi connectivity index (χ0v) is 10.6. The lowest BCUT2D eigenvalue weighted by atomic mass is 10.3. The summed E-state index contributed by atoms with van der Waals surface area (Å²) in [6.45, 7) is 0.313. The molecule has 3 rings (SSSR count). The lowest BCUT2D eigenvalue weighted by Crippen LogP contribution is -2.29. The second-order valence-electron chi connectivity index (χ2n) is 3.97. The number of carbonyl (C=O) groups excluding carboxylic acids is 1. The van der Waals surface area contributed by atoms with Gasteiger partial charge in [-0.05, 0) is 36.5 Å². The third-order valence-electron chi connectivity index (χ3n) is 2.69. The zero-order chi connectivity index (χ0) is 13.2. The summed E-state index contributed by atoms with van der Waals surface area (Å²) in [4.78, 5) is 13.6. The molecule has 96 valence electrons. The van der Waals surface area contributed by atoms with Gasteiger partial charge in [0, 0.05) is 6.08 Å². The highest BCUT2D eigenvalue weighted by Crippen LogP contribution is 2.17. The molecule has 1 aliphatic heterocycles. The van der Waals surface area contributed by atoms with Crippen molar-refractivity contribution in [1.29, 1.82) is 0 Å². The number of nitrogens with zero attached hydrogens (tertiary/aromatic N) is 1. The maximum Gasteiger partial charge on any atom is 0.277 e. The average Bonchev–Trinajstić information content (AvgIpc) is 3.10. The number of thiocarbonyl (C=S) groups is 1. The summed E-state index contributed by atoms with van der Waals surface area (Å²) in [5.41, 5.74) is 0.395. The maximum atomic E-state index is 12.2. The molecule has 3 heterocycles. The monoisotopic (exact) mass is 274 g/mol. The van der Waals surface area contributed by atoms with Crippen LogP contribution < -0.4 is 5.32 Å². The van der Waals surface area contributed by atoms with Crippen molar-refractivity contribution in [3.63, 3.8) is 0 Å². The molecule has 0 aliphatic carbocycles. The van der Waals surface area contributed by atoms with Crippen molar-refractivity contribution >= 4 is 29.3 Å². The minimum atomic E-state index is -0.196. The van der Waals surface area contributed by atoms with E-state index >= 15 is 0 Å². The highest BCUT2D eigenvalue weighted by atomic mass is 32.1. The van der Waals surface area contributed by atoms with Crippen molar-refractivity contribution in [3.05, 3.63) is 54.0 Å². The smallest absolute Gasteiger partial charge is 0.277 e. The topological polar surface area (TPSA) is 58.6 Å². The van der Waals surface area contributed by atoms with E-state index in [0.717, 1.165) is 0 Å². The van der Waals surface area contributed by atoms with E-state index in [1.807, 2.05) is 0 Å². The van der Waals surface area contributed by atoms with E-state index in [-0.39, 0.29) is 5.91 Å². The molecule has 1 fully saturated rings. The molecule has 1 saturated heterocycles. The molecule has 0 unspecified atom stereocenters. The number of rotatable bonds is 3. The van der Waals surface area contributed by atoms with Gasteiger partial charge < -0.3 is 14.2 Å². The van der Waals surface area contributed by atoms with Gasteiger partial charge in [0.25, 0.3) is 5.91 Å². The second kappa shape index (κ2) is 4.74. The molecular weight excluding hydrogens is 264 g/mol. The van der Waals surface area contributed by atoms with Crippen molar-refractivity contribution in [3.8, 4) is 0 Å². The predicted molar refractivity (Wildman–Crippen MR) is 71.7 cm³/mol. The summed E-state index contributed by atoms with van der Waals surface area (Å²) in [5, 5.41) is 3.23. The van der Waals surface area contributed by atoms with Crippen molar-refractivity contribution in [2.75, 3.05) is 0 Å². The molecule has 6 heteroatoms. The highest BCUT2D eigenvalue weighted by molar-refractivity contribution is 7.80. The van der Waals surface area contributed by atoms with Gasteiger partial charge in [0.2, 0.25) is 0 Å². The van der Waals surface area contributed by atoms with Crippen LogP contribution in [0.3, 0.4) is 0 Å². The summed E-state index contributed by atoms with van der Waals surface area (Å²) in [7, 11) is 0. The molecule has 1 amide bonds. The molecule has 0 saturated carbocycles. The third kappa shape index (κ3) is 2.30. The first-order valence-corrected chi connectivity index (χ1v) is 6.05. The van der Waals surface area contributed by atoms with Gasteiger partial charge in [0.15, 0.2) is 5.11 Å². The Balaban J connectivity index is 1.81. The van der Waals surface area contributed by atoms with Crippen LogP contribution in [-0.2, 0) is 11.3 Å². The van der Waals surface area contributed by atoms with E-state index in [4.69, 9.17) is 21.1 Å². The summed E-state index contributed by atoms with van der Waals surface area (Å²) >= 11 is 5.14. The number of hydrogen-bond donors (Lipinski definition) is 1. The molecule has 0 radical (unpaired) electrons. The fourth-order valence-corrected chi connectivity index (χ4v) is 2.05. The van der Waals surface area contributed by atoms with Crippen LogP contribution in [-0.4, -0.2) is 15.9 Å². The first-order chi connectivity index (χ1) is 9.24. The second-order valence-corrected chi connectivity index (χ2v) is 4.36. The van der Waals surface area contributed by atoms with E-state index in [2.05, 4.69) is 5.32 Å². The fourth-order valence-electron chi connectivity index (χ4n) is 1.79. The molecule has 2 aromatic rings. The molecule has 0 bridgehead atoms. The first kappa shape index (κ1) is 11.7. The Morgan fingerprint density at radius 1 is 1.26 bits per heavy atom. The maximum absolute atomic E-state index is 12.2. The van der Waals surface area contributed by atoms with Gasteiger partial charge in [-0.3, -0.25) is 9.69 Å². The molecule has 1 aliphatic rings. The van der Waals surface area contributed by atoms with Crippen LogP contribution >= 0.6 is 12.2 Å². The summed E-state index contributed by atoms with van der Waals surface area (Å²) in [6, 6.07) is 7.08. The Kier molecular flexibility index (Phi) is 2.92. The van der Waals surface area contributed by atoms with Crippen LogP contribution in [0.25, 0.3) is 6.08 Å². The van der Waals surface area contributed by atoms with Crippen LogP contribution in [0, 0.1) is 0 Å². The molecule has 5 nitrogen and oxygen atoms in total. The lowest BCUT2D eigenvalue weighted by Gasteiger charge is -2.11. The SMILES string of the molecule is O=C1C(=Cc2ccco2)NC(=S)N1Cc1ccco1. The largest absolute Gasteiger partial charge is 0.467 e. The summed E-state index contributed by atoms with van der Waals surface area (Å²) < 4.78 is 10.4. The fraction of sp³-hybridized carbons (Fsp3) is 0.0769. The van der Waals surface area contributed by atoms with Gasteiger partial charge in [0.05, 0.1) is 19.1 Å². The molecule has 0 aromatic carbocycles. The molecule has 0 spiro atoms. The lowest BCUT2D eigenvalue weighted by molar-refractivity contribution is -0.122. The van der Waals surface area contributed by atoms with Gasteiger partial charge >= 0.3 is 0 Å². The molecular formula is C13H10N2O3S. The van der Waals surface area contributed by atoms with E-state index in [9.17, 15) is 4.79 Å². The van der Waals surface area contributed by atoms with Crippen LogP contribution in [0.1, 0.15) is 11.5 Å². The number of furan rings is 2. The minimum absolute atomic E-state index is 0.196. The van der Waals surface area contributed by atoms with Crippen LogP contribution in [0.15, 0.2) is 51.3 Å². The number of hydrogen-bond acceptors (Lipinski definition) is 4.